The standard InChI is InChI=1S/C14H17BrN4O/c1-8(2)19-13(4-5-17-19)18-14(20)11-6-10(15)7-12(16)9(11)3/h4-8H,16H2,1-3H3,(H,18,20). The number of anilines is 2. The quantitative estimate of drug-likeness (QED) is 0.844. The van der Waals surface area contributed by atoms with Crippen molar-refractivity contribution in [1.29, 1.82) is 0 Å². The molecule has 106 valence electrons. The summed E-state index contributed by atoms with van der Waals surface area (Å²) < 4.78 is 2.54. The van der Waals surface area contributed by atoms with Crippen LogP contribution in [-0.2, 0) is 0 Å². The maximum absolute atomic E-state index is 12.4. The average molecular weight is 337 g/mol. The second-order valence-corrected chi connectivity index (χ2v) is 5.79. The number of carbonyl (C=O) groups excluding carboxylic acids is 1. The summed E-state index contributed by atoms with van der Waals surface area (Å²) in [6.45, 7) is 5.84. The van der Waals surface area contributed by atoms with Gasteiger partial charge in [-0.05, 0) is 38.5 Å². The fraction of sp³-hybridized carbons (Fsp3) is 0.286. The number of nitrogens with zero attached hydrogens (tertiary/aromatic N) is 2. The third-order valence-electron chi connectivity index (χ3n) is 3.06. The van der Waals surface area contributed by atoms with Gasteiger partial charge in [0.25, 0.3) is 5.91 Å². The Morgan fingerprint density at radius 3 is 2.80 bits per heavy atom. The summed E-state index contributed by atoms with van der Waals surface area (Å²) in [5.41, 5.74) is 7.78. The summed E-state index contributed by atoms with van der Waals surface area (Å²) in [5, 5.41) is 7.06. The number of halogens is 1. The molecule has 0 fully saturated rings. The molecule has 3 N–H and O–H groups in total. The van der Waals surface area contributed by atoms with Crippen molar-refractivity contribution in [3.05, 3.63) is 40.0 Å². The van der Waals surface area contributed by atoms with E-state index in [9.17, 15) is 4.79 Å². The van der Waals surface area contributed by atoms with Gasteiger partial charge in [-0.3, -0.25) is 4.79 Å². The van der Waals surface area contributed by atoms with Gasteiger partial charge in [0, 0.05) is 27.8 Å². The van der Waals surface area contributed by atoms with Crippen LogP contribution in [0.3, 0.4) is 0 Å². The minimum absolute atomic E-state index is 0.175. The van der Waals surface area contributed by atoms with Crippen LogP contribution in [0.15, 0.2) is 28.9 Å². The molecule has 2 aromatic rings. The molecule has 0 saturated carbocycles. The molecule has 0 bridgehead atoms. The monoisotopic (exact) mass is 336 g/mol. The van der Waals surface area contributed by atoms with Crippen molar-refractivity contribution in [1.82, 2.24) is 9.78 Å². The first kappa shape index (κ1) is 14.6. The van der Waals surface area contributed by atoms with E-state index < -0.39 is 0 Å². The molecule has 0 spiro atoms. The molecular formula is C14H17BrN4O. The Balaban J connectivity index is 2.31. The van der Waals surface area contributed by atoms with Crippen LogP contribution >= 0.6 is 15.9 Å². The van der Waals surface area contributed by atoms with Crippen LogP contribution in [0.2, 0.25) is 0 Å². The molecule has 0 atom stereocenters. The van der Waals surface area contributed by atoms with Gasteiger partial charge >= 0.3 is 0 Å². The normalized spacial score (nSPS) is 10.8. The van der Waals surface area contributed by atoms with Gasteiger partial charge < -0.3 is 11.1 Å². The van der Waals surface area contributed by atoms with E-state index >= 15 is 0 Å². The highest BCUT2D eigenvalue weighted by molar-refractivity contribution is 9.10. The molecule has 0 aliphatic rings. The van der Waals surface area contributed by atoms with E-state index in [4.69, 9.17) is 5.73 Å². The lowest BCUT2D eigenvalue weighted by molar-refractivity contribution is 0.102. The van der Waals surface area contributed by atoms with Crippen LogP contribution in [0.5, 0.6) is 0 Å². The molecule has 6 heteroatoms. The zero-order chi connectivity index (χ0) is 14.9. The van der Waals surface area contributed by atoms with Crippen molar-refractivity contribution < 1.29 is 4.79 Å². The summed E-state index contributed by atoms with van der Waals surface area (Å²) in [5.74, 6) is 0.473. The number of benzene rings is 1. The molecule has 1 amide bonds. The number of aromatic nitrogens is 2. The Hall–Kier alpha value is -1.82. The molecule has 0 unspecified atom stereocenters. The molecule has 0 saturated heterocycles. The molecule has 0 aliphatic heterocycles. The highest BCUT2D eigenvalue weighted by Gasteiger charge is 2.15. The molecule has 1 aromatic carbocycles. The summed E-state index contributed by atoms with van der Waals surface area (Å²) in [7, 11) is 0. The lowest BCUT2D eigenvalue weighted by atomic mass is 10.1. The predicted molar refractivity (Wildman–Crippen MR) is 83.9 cm³/mol. The highest BCUT2D eigenvalue weighted by Crippen LogP contribution is 2.24. The summed E-state index contributed by atoms with van der Waals surface area (Å²) in [6.07, 6.45) is 1.66. The van der Waals surface area contributed by atoms with Crippen LogP contribution in [0, 0.1) is 6.92 Å². The smallest absolute Gasteiger partial charge is 0.257 e. The number of rotatable bonds is 3. The van der Waals surface area contributed by atoms with E-state index in [1.807, 2.05) is 20.8 Å². The summed E-state index contributed by atoms with van der Waals surface area (Å²) in [6, 6.07) is 5.49. The Morgan fingerprint density at radius 2 is 2.15 bits per heavy atom. The van der Waals surface area contributed by atoms with Gasteiger partial charge in [-0.15, -0.1) is 0 Å². The maximum Gasteiger partial charge on any atom is 0.257 e. The third kappa shape index (κ3) is 2.85. The highest BCUT2D eigenvalue weighted by atomic mass is 79.9. The zero-order valence-electron chi connectivity index (χ0n) is 11.6. The molecule has 20 heavy (non-hydrogen) atoms. The Bertz CT molecular complexity index is 649. The van der Waals surface area contributed by atoms with Gasteiger partial charge in [0.1, 0.15) is 5.82 Å². The second kappa shape index (κ2) is 5.66. The van der Waals surface area contributed by atoms with Crippen molar-refractivity contribution in [3.63, 3.8) is 0 Å². The third-order valence-corrected chi connectivity index (χ3v) is 3.52. The lowest BCUT2D eigenvalue weighted by Crippen LogP contribution is -2.18. The lowest BCUT2D eigenvalue weighted by Gasteiger charge is -2.13. The van der Waals surface area contributed by atoms with E-state index in [0.717, 1.165) is 10.0 Å². The predicted octanol–water partition coefficient (Wildman–Crippen LogP) is 3.37. The van der Waals surface area contributed by atoms with Crippen LogP contribution in [0.4, 0.5) is 11.5 Å². The van der Waals surface area contributed by atoms with Gasteiger partial charge in [0.15, 0.2) is 0 Å². The second-order valence-electron chi connectivity index (χ2n) is 4.88. The Labute approximate surface area is 126 Å². The van der Waals surface area contributed by atoms with Crippen molar-refractivity contribution in [2.75, 3.05) is 11.1 Å². The average Bonchev–Trinajstić information content (AvgIpc) is 2.81. The SMILES string of the molecule is Cc1c(N)cc(Br)cc1C(=O)Nc1ccnn1C(C)C. The van der Waals surface area contributed by atoms with E-state index in [2.05, 4.69) is 26.3 Å². The molecule has 0 radical (unpaired) electrons. The minimum Gasteiger partial charge on any atom is -0.398 e. The van der Waals surface area contributed by atoms with Crippen LogP contribution in [0.1, 0.15) is 35.8 Å². The number of nitrogen functional groups attached to an aromatic ring is 1. The first-order valence-electron chi connectivity index (χ1n) is 6.30. The number of carbonyl (C=O) groups is 1. The number of amides is 1. The van der Waals surface area contributed by atoms with Gasteiger partial charge in [0.05, 0.1) is 6.20 Å². The zero-order valence-corrected chi connectivity index (χ0v) is 13.2. The fourth-order valence-electron chi connectivity index (χ4n) is 1.94. The van der Waals surface area contributed by atoms with Crippen molar-refractivity contribution in [2.45, 2.75) is 26.8 Å². The van der Waals surface area contributed by atoms with Gasteiger partial charge in [-0.25, -0.2) is 4.68 Å². The van der Waals surface area contributed by atoms with E-state index in [1.54, 1.807) is 29.1 Å². The molecule has 0 aliphatic carbocycles. The van der Waals surface area contributed by atoms with Crippen molar-refractivity contribution in [3.8, 4) is 0 Å². The first-order chi connectivity index (χ1) is 9.40. The molecular weight excluding hydrogens is 320 g/mol. The van der Waals surface area contributed by atoms with Crippen LogP contribution in [0.25, 0.3) is 0 Å². The first-order valence-corrected chi connectivity index (χ1v) is 7.10. The Morgan fingerprint density at radius 1 is 1.45 bits per heavy atom. The van der Waals surface area contributed by atoms with Gasteiger partial charge in [-0.1, -0.05) is 15.9 Å². The van der Waals surface area contributed by atoms with E-state index in [0.29, 0.717) is 17.1 Å². The molecule has 5 nitrogen and oxygen atoms in total. The molecule has 2 rings (SSSR count). The molecule has 1 heterocycles. The Kier molecular flexibility index (Phi) is 4.13. The van der Waals surface area contributed by atoms with Crippen molar-refractivity contribution >= 4 is 33.3 Å². The number of nitrogens with two attached hydrogens (primary N) is 1. The van der Waals surface area contributed by atoms with Gasteiger partial charge in [-0.2, -0.15) is 5.10 Å². The number of hydrogen-bond donors (Lipinski definition) is 2. The van der Waals surface area contributed by atoms with E-state index in [-0.39, 0.29) is 11.9 Å². The van der Waals surface area contributed by atoms with Crippen LogP contribution < -0.4 is 11.1 Å². The minimum atomic E-state index is -0.196. The summed E-state index contributed by atoms with van der Waals surface area (Å²) >= 11 is 3.35. The fourth-order valence-corrected chi connectivity index (χ4v) is 2.42. The largest absolute Gasteiger partial charge is 0.398 e. The van der Waals surface area contributed by atoms with Crippen LogP contribution in [-0.4, -0.2) is 15.7 Å². The topological polar surface area (TPSA) is 72.9 Å². The van der Waals surface area contributed by atoms with Crippen molar-refractivity contribution in [2.24, 2.45) is 0 Å². The number of hydrogen-bond acceptors (Lipinski definition) is 3. The number of nitrogens with one attached hydrogen (secondary N) is 1. The maximum atomic E-state index is 12.4. The molecule has 1 aromatic heterocycles. The summed E-state index contributed by atoms with van der Waals surface area (Å²) in [4.78, 5) is 12.4. The van der Waals surface area contributed by atoms with E-state index in [1.165, 1.54) is 0 Å². The van der Waals surface area contributed by atoms with Gasteiger partial charge in [0.2, 0.25) is 0 Å².